The highest BCUT2D eigenvalue weighted by atomic mass is 16.5. The quantitative estimate of drug-likeness (QED) is 0.879. The molecule has 0 radical (unpaired) electrons. The molecule has 134 valence electrons. The van der Waals surface area contributed by atoms with Gasteiger partial charge < -0.3 is 9.84 Å². The monoisotopic (exact) mass is 350 g/mol. The molecule has 0 aromatic heterocycles. The summed E-state index contributed by atoms with van der Waals surface area (Å²) < 4.78 is 6.16. The van der Waals surface area contributed by atoms with Crippen molar-refractivity contribution in [1.29, 1.82) is 5.26 Å². The van der Waals surface area contributed by atoms with Gasteiger partial charge in [-0.15, -0.1) is 0 Å². The van der Waals surface area contributed by atoms with Crippen molar-refractivity contribution in [2.45, 2.75) is 61.7 Å². The summed E-state index contributed by atoms with van der Waals surface area (Å²) in [6.45, 7) is 1.95. The third kappa shape index (κ3) is 1.57. The van der Waals surface area contributed by atoms with Crippen LogP contribution in [0.4, 0.5) is 0 Å². The van der Waals surface area contributed by atoms with Crippen molar-refractivity contribution in [3.05, 3.63) is 28.8 Å². The zero-order valence-corrected chi connectivity index (χ0v) is 14.7. The summed E-state index contributed by atoms with van der Waals surface area (Å²) in [5.41, 5.74) is 1.01. The van der Waals surface area contributed by atoms with Gasteiger partial charge in [-0.05, 0) is 56.2 Å². The van der Waals surface area contributed by atoms with Crippen LogP contribution >= 0.6 is 0 Å². The molecular formula is C21H22N2O3. The molecule has 1 N–H and O–H groups in total. The summed E-state index contributed by atoms with van der Waals surface area (Å²) >= 11 is 0. The first-order chi connectivity index (χ1) is 12.6. The summed E-state index contributed by atoms with van der Waals surface area (Å²) in [7, 11) is 0. The van der Waals surface area contributed by atoms with Gasteiger partial charge in [-0.1, -0.05) is 6.07 Å². The number of hydrogen-bond donors (Lipinski definition) is 1. The number of rotatable bonds is 2. The molecule has 2 saturated carbocycles. The van der Waals surface area contributed by atoms with Crippen molar-refractivity contribution in [3.8, 4) is 11.8 Å². The van der Waals surface area contributed by atoms with Gasteiger partial charge in [-0.3, -0.25) is 9.69 Å². The molecule has 5 nitrogen and oxygen atoms in total. The summed E-state index contributed by atoms with van der Waals surface area (Å²) in [6, 6.07) is 6.10. The predicted octanol–water partition coefficient (Wildman–Crippen LogP) is 1.69. The standard InChI is InChI=1S/C21H22N2O3/c22-10-14-4-3-13-9-16-21(25)6-5-15(24)19-20(21,17(13)18(14)26-19)7-8-23(16)11-12-1-2-12/h3-4,12,16,19,25H,1-2,5-9,11H2. The second kappa shape index (κ2) is 4.68. The first kappa shape index (κ1) is 15.2. The molecule has 6 rings (SSSR count). The third-order valence-electron chi connectivity index (χ3n) is 7.70. The predicted molar refractivity (Wildman–Crippen MR) is 92.8 cm³/mol. The Kier molecular flexibility index (Phi) is 2.73. The van der Waals surface area contributed by atoms with Crippen LogP contribution in [-0.4, -0.2) is 46.6 Å². The van der Waals surface area contributed by atoms with E-state index < -0.39 is 17.1 Å². The first-order valence-corrected chi connectivity index (χ1v) is 9.81. The van der Waals surface area contributed by atoms with Gasteiger partial charge in [0, 0.05) is 24.6 Å². The molecule has 1 saturated heterocycles. The van der Waals surface area contributed by atoms with Gasteiger partial charge in [0.1, 0.15) is 11.8 Å². The highest BCUT2D eigenvalue weighted by Crippen LogP contribution is 2.64. The summed E-state index contributed by atoms with van der Waals surface area (Å²) in [4.78, 5) is 15.3. The molecule has 5 heteroatoms. The van der Waals surface area contributed by atoms with E-state index in [0.717, 1.165) is 43.0 Å². The van der Waals surface area contributed by atoms with E-state index >= 15 is 0 Å². The highest BCUT2D eigenvalue weighted by Gasteiger charge is 2.73. The number of benzene rings is 1. The second-order valence-electron chi connectivity index (χ2n) is 8.86. The third-order valence-corrected chi connectivity index (χ3v) is 7.70. The smallest absolute Gasteiger partial charge is 0.174 e. The number of carbonyl (C=O) groups excluding carboxylic acids is 1. The van der Waals surface area contributed by atoms with Gasteiger partial charge >= 0.3 is 0 Å². The number of piperidine rings is 1. The molecule has 1 aromatic carbocycles. The summed E-state index contributed by atoms with van der Waals surface area (Å²) in [5.74, 6) is 1.42. The van der Waals surface area contributed by atoms with Crippen LogP contribution in [0.2, 0.25) is 0 Å². The van der Waals surface area contributed by atoms with Crippen molar-refractivity contribution >= 4 is 5.78 Å². The molecule has 2 bridgehead atoms. The first-order valence-electron chi connectivity index (χ1n) is 9.81. The van der Waals surface area contributed by atoms with E-state index in [1.54, 1.807) is 0 Å². The molecule has 4 atom stereocenters. The fraction of sp³-hybridized carbons (Fsp3) is 0.619. The van der Waals surface area contributed by atoms with Gasteiger partial charge in [0.05, 0.1) is 16.6 Å². The van der Waals surface area contributed by atoms with Crippen LogP contribution in [0.25, 0.3) is 0 Å². The number of hydrogen-bond acceptors (Lipinski definition) is 5. The normalized spacial score (nSPS) is 39.9. The van der Waals surface area contributed by atoms with E-state index in [2.05, 4.69) is 11.0 Å². The number of Topliss-reactive ketones (excluding diaryl/α,β-unsaturated/α-hetero) is 1. The Hall–Kier alpha value is -1.90. The summed E-state index contributed by atoms with van der Waals surface area (Å²) in [5, 5.41) is 21.6. The molecule has 3 fully saturated rings. The van der Waals surface area contributed by atoms with Crippen LogP contribution in [-0.2, 0) is 16.6 Å². The number of likely N-dealkylation sites (tertiary alicyclic amines) is 1. The van der Waals surface area contributed by atoms with Crippen molar-refractivity contribution in [3.63, 3.8) is 0 Å². The lowest BCUT2D eigenvalue weighted by molar-refractivity contribution is -0.188. The topological polar surface area (TPSA) is 73.6 Å². The average Bonchev–Trinajstić information content (AvgIpc) is 3.37. The minimum atomic E-state index is -0.939. The van der Waals surface area contributed by atoms with Crippen molar-refractivity contribution in [1.82, 2.24) is 4.90 Å². The zero-order valence-electron chi connectivity index (χ0n) is 14.7. The number of aliphatic hydroxyl groups is 1. The largest absolute Gasteiger partial charge is 0.480 e. The molecule has 2 heterocycles. The molecule has 4 unspecified atom stereocenters. The van der Waals surface area contributed by atoms with E-state index in [4.69, 9.17) is 4.74 Å². The van der Waals surface area contributed by atoms with E-state index in [9.17, 15) is 15.2 Å². The Morgan fingerprint density at radius 1 is 1.35 bits per heavy atom. The SMILES string of the molecule is N#Cc1ccc2c3c1OC1C(=O)CCC4(O)C(C2)N(CC2CC2)CCC314. The maximum atomic E-state index is 12.8. The average molecular weight is 350 g/mol. The van der Waals surface area contributed by atoms with Gasteiger partial charge in [0.25, 0.3) is 0 Å². The van der Waals surface area contributed by atoms with Crippen LogP contribution in [0.5, 0.6) is 5.75 Å². The van der Waals surface area contributed by atoms with Crippen molar-refractivity contribution in [2.75, 3.05) is 13.1 Å². The number of nitrogens with zero attached hydrogens (tertiary/aromatic N) is 2. The van der Waals surface area contributed by atoms with Crippen LogP contribution in [0.3, 0.4) is 0 Å². The molecule has 26 heavy (non-hydrogen) atoms. The van der Waals surface area contributed by atoms with E-state index in [1.165, 1.54) is 12.8 Å². The maximum absolute atomic E-state index is 12.8. The van der Waals surface area contributed by atoms with Crippen LogP contribution in [0.15, 0.2) is 12.1 Å². The van der Waals surface area contributed by atoms with E-state index in [1.807, 2.05) is 12.1 Å². The van der Waals surface area contributed by atoms with Gasteiger partial charge in [0.2, 0.25) is 0 Å². The van der Waals surface area contributed by atoms with Crippen LogP contribution in [0, 0.1) is 17.2 Å². The molecule has 3 aliphatic carbocycles. The Morgan fingerprint density at radius 2 is 2.19 bits per heavy atom. The number of ether oxygens (including phenoxy) is 1. The van der Waals surface area contributed by atoms with Gasteiger partial charge in [0.15, 0.2) is 11.9 Å². The minimum Gasteiger partial charge on any atom is -0.480 e. The molecule has 0 amide bonds. The molecule has 5 aliphatic rings. The lowest BCUT2D eigenvalue weighted by Crippen LogP contribution is -2.76. The lowest BCUT2D eigenvalue weighted by Gasteiger charge is -2.62. The van der Waals surface area contributed by atoms with Crippen molar-refractivity contribution < 1.29 is 14.6 Å². The minimum absolute atomic E-state index is 0.0439. The molecular weight excluding hydrogens is 328 g/mol. The van der Waals surface area contributed by atoms with Crippen LogP contribution < -0.4 is 4.74 Å². The lowest BCUT2D eigenvalue weighted by atomic mass is 9.49. The van der Waals surface area contributed by atoms with Crippen LogP contribution in [0.1, 0.15) is 48.8 Å². The fourth-order valence-corrected chi connectivity index (χ4v) is 6.37. The highest BCUT2D eigenvalue weighted by molar-refractivity contribution is 5.90. The Morgan fingerprint density at radius 3 is 2.96 bits per heavy atom. The Balaban J connectivity index is 1.59. The number of ketones is 1. The molecule has 1 spiro atoms. The Bertz CT molecular complexity index is 886. The molecule has 2 aliphatic heterocycles. The van der Waals surface area contributed by atoms with E-state index in [-0.39, 0.29) is 11.8 Å². The maximum Gasteiger partial charge on any atom is 0.174 e. The van der Waals surface area contributed by atoms with E-state index in [0.29, 0.717) is 24.2 Å². The Labute approximate surface area is 152 Å². The molecule has 1 aromatic rings. The fourth-order valence-electron chi connectivity index (χ4n) is 6.37. The van der Waals surface area contributed by atoms with Gasteiger partial charge in [-0.2, -0.15) is 5.26 Å². The second-order valence-corrected chi connectivity index (χ2v) is 8.86. The summed E-state index contributed by atoms with van der Waals surface area (Å²) in [6.07, 6.45) is 4.35. The van der Waals surface area contributed by atoms with Gasteiger partial charge in [-0.25, -0.2) is 0 Å². The number of carbonyl (C=O) groups is 1. The zero-order chi connectivity index (χ0) is 17.7. The van der Waals surface area contributed by atoms with Crippen molar-refractivity contribution in [2.24, 2.45) is 5.92 Å². The number of nitriles is 1.